The highest BCUT2D eigenvalue weighted by molar-refractivity contribution is 9.08. The molecule has 2 rings (SSSR count). The first-order chi connectivity index (χ1) is 10.2. The molecule has 0 saturated carbocycles. The van der Waals surface area contributed by atoms with Crippen molar-refractivity contribution in [2.24, 2.45) is 0 Å². The molecule has 1 aromatic carbocycles. The second kappa shape index (κ2) is 7.17. The third-order valence-electron chi connectivity index (χ3n) is 3.26. The SMILES string of the molecule is CCN(Cc1ccncc1)c1ccc([N+](=O)[O-])cc1CBr. The van der Waals surface area contributed by atoms with Gasteiger partial charge in [-0.3, -0.25) is 15.1 Å². The summed E-state index contributed by atoms with van der Waals surface area (Å²) in [4.78, 5) is 16.7. The summed E-state index contributed by atoms with van der Waals surface area (Å²) in [6.07, 6.45) is 3.54. The van der Waals surface area contributed by atoms with Crippen molar-refractivity contribution in [2.45, 2.75) is 18.8 Å². The quantitative estimate of drug-likeness (QED) is 0.450. The minimum atomic E-state index is -0.366. The molecular weight excluding hydrogens is 334 g/mol. The molecule has 0 unspecified atom stereocenters. The van der Waals surface area contributed by atoms with E-state index in [1.165, 1.54) is 0 Å². The molecule has 2 aromatic rings. The van der Waals surface area contributed by atoms with Gasteiger partial charge in [-0.05, 0) is 36.2 Å². The number of halogens is 1. The lowest BCUT2D eigenvalue weighted by Gasteiger charge is -2.25. The summed E-state index contributed by atoms with van der Waals surface area (Å²) in [5.41, 5.74) is 3.20. The molecule has 5 nitrogen and oxygen atoms in total. The molecule has 21 heavy (non-hydrogen) atoms. The Morgan fingerprint density at radius 1 is 1.29 bits per heavy atom. The average molecular weight is 350 g/mol. The zero-order valence-corrected chi connectivity index (χ0v) is 13.3. The fourth-order valence-corrected chi connectivity index (χ4v) is 2.63. The molecule has 0 aliphatic rings. The first-order valence-electron chi connectivity index (χ1n) is 6.62. The number of nitrogens with zero attached hydrogens (tertiary/aromatic N) is 3. The molecule has 1 aromatic heterocycles. The number of aromatic nitrogens is 1. The average Bonchev–Trinajstić information content (AvgIpc) is 2.53. The number of non-ortho nitro benzene ring substituents is 1. The van der Waals surface area contributed by atoms with Crippen molar-refractivity contribution >= 4 is 27.3 Å². The summed E-state index contributed by atoms with van der Waals surface area (Å²) in [7, 11) is 0. The van der Waals surface area contributed by atoms with Gasteiger partial charge >= 0.3 is 0 Å². The fourth-order valence-electron chi connectivity index (χ4n) is 2.18. The predicted octanol–water partition coefficient (Wildman–Crippen LogP) is 3.91. The molecule has 0 aliphatic heterocycles. The Morgan fingerprint density at radius 2 is 2.00 bits per heavy atom. The number of anilines is 1. The summed E-state index contributed by atoms with van der Waals surface area (Å²) >= 11 is 3.42. The van der Waals surface area contributed by atoms with Crippen molar-refractivity contribution in [1.82, 2.24) is 4.98 Å². The molecule has 0 bridgehead atoms. The molecule has 1 heterocycles. The number of nitro groups is 1. The summed E-state index contributed by atoms with van der Waals surface area (Å²) in [6, 6.07) is 8.94. The van der Waals surface area contributed by atoms with E-state index in [1.54, 1.807) is 24.5 Å². The van der Waals surface area contributed by atoms with E-state index in [2.05, 4.69) is 32.7 Å². The summed E-state index contributed by atoms with van der Waals surface area (Å²) in [5, 5.41) is 11.5. The molecule has 0 atom stereocenters. The van der Waals surface area contributed by atoms with Gasteiger partial charge in [0.1, 0.15) is 0 Å². The largest absolute Gasteiger partial charge is 0.367 e. The second-order valence-electron chi connectivity index (χ2n) is 4.57. The number of benzene rings is 1. The van der Waals surface area contributed by atoms with E-state index in [-0.39, 0.29) is 10.6 Å². The maximum atomic E-state index is 10.9. The van der Waals surface area contributed by atoms with Crippen LogP contribution in [0.4, 0.5) is 11.4 Å². The Morgan fingerprint density at radius 3 is 2.57 bits per heavy atom. The standard InChI is InChI=1S/C15H16BrN3O2/c1-2-18(11-12-5-7-17-8-6-12)15-4-3-14(19(20)21)9-13(15)10-16/h3-9H,2,10-11H2,1H3. The molecule has 0 spiro atoms. The van der Waals surface area contributed by atoms with Crippen LogP contribution in [0.15, 0.2) is 42.7 Å². The van der Waals surface area contributed by atoms with Crippen LogP contribution < -0.4 is 4.90 Å². The van der Waals surface area contributed by atoms with Crippen molar-refractivity contribution in [1.29, 1.82) is 0 Å². The van der Waals surface area contributed by atoms with Crippen LogP contribution in [0.5, 0.6) is 0 Å². The Hall–Kier alpha value is -1.95. The third kappa shape index (κ3) is 3.78. The van der Waals surface area contributed by atoms with Gasteiger partial charge in [0.2, 0.25) is 0 Å². The van der Waals surface area contributed by atoms with Crippen molar-refractivity contribution in [2.75, 3.05) is 11.4 Å². The van der Waals surface area contributed by atoms with Gasteiger partial charge < -0.3 is 4.90 Å². The Kier molecular flexibility index (Phi) is 5.27. The molecular formula is C15H16BrN3O2. The Labute approximate surface area is 131 Å². The van der Waals surface area contributed by atoms with E-state index in [0.717, 1.165) is 29.9 Å². The van der Waals surface area contributed by atoms with Crippen LogP contribution in [0.25, 0.3) is 0 Å². The summed E-state index contributed by atoms with van der Waals surface area (Å²) in [5.74, 6) is 0. The number of rotatable bonds is 6. The minimum absolute atomic E-state index is 0.119. The van der Waals surface area contributed by atoms with Gasteiger partial charge in [0.05, 0.1) is 4.92 Å². The smallest absolute Gasteiger partial charge is 0.269 e. The molecule has 110 valence electrons. The van der Waals surface area contributed by atoms with Crippen molar-refractivity contribution in [3.8, 4) is 0 Å². The van der Waals surface area contributed by atoms with Gasteiger partial charge in [-0.25, -0.2) is 0 Å². The van der Waals surface area contributed by atoms with Crippen LogP contribution in [-0.4, -0.2) is 16.5 Å². The lowest BCUT2D eigenvalue weighted by atomic mass is 10.1. The van der Waals surface area contributed by atoms with Crippen LogP contribution >= 0.6 is 15.9 Å². The minimum Gasteiger partial charge on any atom is -0.367 e. The molecule has 0 saturated heterocycles. The van der Waals surface area contributed by atoms with Gasteiger partial charge in [-0.1, -0.05) is 15.9 Å². The molecule has 6 heteroatoms. The normalized spacial score (nSPS) is 10.4. The number of nitro benzene ring substituents is 1. The van der Waals surface area contributed by atoms with Crippen LogP contribution in [0.2, 0.25) is 0 Å². The van der Waals surface area contributed by atoms with Gasteiger partial charge in [-0.2, -0.15) is 0 Å². The van der Waals surface area contributed by atoms with Crippen molar-refractivity contribution in [3.63, 3.8) is 0 Å². The Balaban J connectivity index is 2.31. The topological polar surface area (TPSA) is 59.3 Å². The second-order valence-corrected chi connectivity index (χ2v) is 5.13. The highest BCUT2D eigenvalue weighted by Crippen LogP contribution is 2.28. The number of alkyl halides is 1. The molecule has 0 fully saturated rings. The molecule has 0 radical (unpaired) electrons. The van der Waals surface area contributed by atoms with E-state index in [9.17, 15) is 10.1 Å². The maximum absolute atomic E-state index is 10.9. The fraction of sp³-hybridized carbons (Fsp3) is 0.267. The van der Waals surface area contributed by atoms with E-state index < -0.39 is 0 Å². The molecule has 0 aliphatic carbocycles. The van der Waals surface area contributed by atoms with Gasteiger partial charge in [-0.15, -0.1) is 0 Å². The lowest BCUT2D eigenvalue weighted by molar-refractivity contribution is -0.384. The van der Waals surface area contributed by atoms with E-state index in [4.69, 9.17) is 0 Å². The van der Waals surface area contributed by atoms with Crippen LogP contribution in [-0.2, 0) is 11.9 Å². The van der Waals surface area contributed by atoms with Crippen molar-refractivity contribution in [3.05, 3.63) is 64.0 Å². The highest BCUT2D eigenvalue weighted by Gasteiger charge is 2.14. The summed E-state index contributed by atoms with van der Waals surface area (Å²) in [6.45, 7) is 3.64. The van der Waals surface area contributed by atoms with E-state index >= 15 is 0 Å². The number of pyridine rings is 1. The molecule has 0 N–H and O–H groups in total. The first-order valence-corrected chi connectivity index (χ1v) is 7.75. The van der Waals surface area contributed by atoms with Crippen LogP contribution in [0.3, 0.4) is 0 Å². The highest BCUT2D eigenvalue weighted by atomic mass is 79.9. The lowest BCUT2D eigenvalue weighted by Crippen LogP contribution is -2.23. The summed E-state index contributed by atoms with van der Waals surface area (Å²) < 4.78 is 0. The van der Waals surface area contributed by atoms with Gasteiger partial charge in [0.25, 0.3) is 5.69 Å². The number of hydrogen-bond acceptors (Lipinski definition) is 4. The van der Waals surface area contributed by atoms with E-state index in [0.29, 0.717) is 5.33 Å². The van der Waals surface area contributed by atoms with E-state index in [1.807, 2.05) is 18.2 Å². The first kappa shape index (κ1) is 15.4. The zero-order chi connectivity index (χ0) is 15.2. The maximum Gasteiger partial charge on any atom is 0.269 e. The van der Waals surface area contributed by atoms with Gasteiger partial charge in [0.15, 0.2) is 0 Å². The monoisotopic (exact) mass is 349 g/mol. The van der Waals surface area contributed by atoms with Crippen LogP contribution in [0, 0.1) is 10.1 Å². The Bertz CT molecular complexity index is 620. The number of hydrogen-bond donors (Lipinski definition) is 0. The van der Waals surface area contributed by atoms with Crippen LogP contribution in [0.1, 0.15) is 18.1 Å². The molecule has 0 amide bonds. The van der Waals surface area contributed by atoms with Gasteiger partial charge in [0, 0.05) is 48.6 Å². The predicted molar refractivity (Wildman–Crippen MR) is 86.7 cm³/mol. The van der Waals surface area contributed by atoms with Crippen molar-refractivity contribution < 1.29 is 4.92 Å². The third-order valence-corrected chi connectivity index (χ3v) is 3.87. The zero-order valence-electron chi connectivity index (χ0n) is 11.7.